The zero-order valence-electron chi connectivity index (χ0n) is 18.5. The molecule has 0 heterocycles. The number of hydrogen-bond acceptors (Lipinski definition) is 0. The van der Waals surface area contributed by atoms with Crippen molar-refractivity contribution in [2.45, 2.75) is 77.7 Å². The molecule has 0 saturated carbocycles. The lowest BCUT2D eigenvalue weighted by molar-refractivity contribution is 0.566. The summed E-state index contributed by atoms with van der Waals surface area (Å²) < 4.78 is 0. The van der Waals surface area contributed by atoms with E-state index in [1.165, 1.54) is 5.56 Å². The van der Waals surface area contributed by atoms with Gasteiger partial charge in [-0.05, 0) is 50.1 Å². The molecule has 1 atom stereocenters. The summed E-state index contributed by atoms with van der Waals surface area (Å²) in [6, 6.07) is 13.8. The zero-order chi connectivity index (χ0) is 20.0. The van der Waals surface area contributed by atoms with Crippen molar-refractivity contribution in [2.75, 3.05) is 0 Å². The first-order valence-corrected chi connectivity index (χ1v) is 12.0. The van der Waals surface area contributed by atoms with Crippen LogP contribution in [0.15, 0.2) is 42.5 Å². The molecule has 0 aliphatic heterocycles. The van der Waals surface area contributed by atoms with E-state index >= 15 is 0 Å². The summed E-state index contributed by atoms with van der Waals surface area (Å²) >= 11 is 0. The van der Waals surface area contributed by atoms with Gasteiger partial charge in [0, 0.05) is 0 Å². The Morgan fingerprint density at radius 2 is 1.52 bits per heavy atom. The highest BCUT2D eigenvalue weighted by molar-refractivity contribution is 6.57. The Hall–Kier alpha value is -1.60. The van der Waals surface area contributed by atoms with Crippen LogP contribution in [0.5, 0.6) is 0 Å². The average Bonchev–Trinajstić information content (AvgIpc) is 2.95. The van der Waals surface area contributed by atoms with Gasteiger partial charge in [0.1, 0.15) is 0 Å². The smallest absolute Gasteiger partial charge is 0.0679 e. The molecule has 1 unspecified atom stereocenters. The Kier molecular flexibility index (Phi) is 5.29. The van der Waals surface area contributed by atoms with E-state index in [0.29, 0.717) is 11.5 Å². The summed E-state index contributed by atoms with van der Waals surface area (Å²) in [5, 5.41) is 1.72. The highest BCUT2D eigenvalue weighted by atomic mass is 28.2. The molecule has 2 aromatic carbocycles. The van der Waals surface area contributed by atoms with Crippen LogP contribution in [-0.2, 0) is 10.8 Å². The molecule has 0 bridgehead atoms. The van der Waals surface area contributed by atoms with Crippen LogP contribution in [0.4, 0.5) is 0 Å². The Morgan fingerprint density at radius 3 is 2.11 bits per heavy atom. The van der Waals surface area contributed by atoms with Crippen LogP contribution in [-0.4, -0.2) is 9.52 Å². The van der Waals surface area contributed by atoms with Gasteiger partial charge in [0.15, 0.2) is 0 Å². The van der Waals surface area contributed by atoms with Crippen LogP contribution in [0.25, 0.3) is 6.08 Å². The Bertz CT molecular complexity index is 857. The van der Waals surface area contributed by atoms with Crippen molar-refractivity contribution in [1.29, 1.82) is 0 Å². The van der Waals surface area contributed by atoms with Crippen molar-refractivity contribution in [3.63, 3.8) is 0 Å². The summed E-state index contributed by atoms with van der Waals surface area (Å²) in [6.07, 6.45) is 4.81. The fourth-order valence-corrected chi connectivity index (χ4v) is 7.78. The third kappa shape index (κ3) is 3.99. The van der Waals surface area contributed by atoms with Crippen molar-refractivity contribution in [2.24, 2.45) is 0 Å². The molecule has 0 N–H and O–H groups in total. The van der Waals surface area contributed by atoms with Gasteiger partial charge in [-0.15, -0.1) is 0 Å². The average molecular weight is 377 g/mol. The van der Waals surface area contributed by atoms with Gasteiger partial charge in [-0.1, -0.05) is 109 Å². The molecule has 0 fully saturated rings. The molecule has 3 rings (SSSR count). The number of hydrogen-bond donors (Lipinski definition) is 0. The quantitative estimate of drug-likeness (QED) is 0.579. The van der Waals surface area contributed by atoms with Gasteiger partial charge < -0.3 is 0 Å². The summed E-state index contributed by atoms with van der Waals surface area (Å²) in [6.45, 7) is 19.0. The molecule has 0 saturated heterocycles. The maximum absolute atomic E-state index is 2.47. The molecular weight excluding hydrogens is 340 g/mol. The molecular formula is C26H36Si. The second-order valence-electron chi connectivity index (χ2n) is 10.5. The van der Waals surface area contributed by atoms with Crippen molar-refractivity contribution in [1.82, 2.24) is 0 Å². The largest absolute Gasteiger partial charge is 0.0794 e. The Morgan fingerprint density at radius 1 is 0.852 bits per heavy atom. The maximum Gasteiger partial charge on any atom is 0.0679 e. The van der Waals surface area contributed by atoms with E-state index in [1.807, 2.05) is 0 Å². The Balaban J connectivity index is 2.20. The lowest BCUT2D eigenvalue weighted by Gasteiger charge is -2.34. The fourth-order valence-electron chi connectivity index (χ4n) is 4.67. The van der Waals surface area contributed by atoms with Gasteiger partial charge in [0.05, 0.1) is 9.52 Å². The summed E-state index contributed by atoms with van der Waals surface area (Å²) in [4.78, 5) is 0. The van der Waals surface area contributed by atoms with Crippen LogP contribution in [0.3, 0.4) is 0 Å². The molecule has 2 aromatic rings. The van der Waals surface area contributed by atoms with E-state index in [1.54, 1.807) is 27.4 Å². The molecule has 0 spiro atoms. The minimum absolute atomic E-state index is 0.172. The van der Waals surface area contributed by atoms with Crippen LogP contribution >= 0.6 is 0 Å². The molecule has 1 aliphatic carbocycles. The molecule has 144 valence electrons. The van der Waals surface area contributed by atoms with Gasteiger partial charge in [-0.3, -0.25) is 0 Å². The second kappa shape index (κ2) is 7.09. The topological polar surface area (TPSA) is 0 Å². The number of allylic oxidation sites excluding steroid dienone is 1. The van der Waals surface area contributed by atoms with E-state index in [2.05, 4.69) is 104 Å². The molecule has 0 aromatic heterocycles. The van der Waals surface area contributed by atoms with Crippen molar-refractivity contribution < 1.29 is 0 Å². The first kappa shape index (κ1) is 20.1. The zero-order valence-corrected chi connectivity index (χ0v) is 19.9. The number of fused-ring (bicyclic) bond motifs is 1. The highest BCUT2D eigenvalue weighted by Crippen LogP contribution is 2.35. The van der Waals surface area contributed by atoms with E-state index in [0.717, 1.165) is 0 Å². The van der Waals surface area contributed by atoms with Gasteiger partial charge in [0.2, 0.25) is 0 Å². The minimum Gasteiger partial charge on any atom is -0.0794 e. The van der Waals surface area contributed by atoms with E-state index in [-0.39, 0.29) is 10.8 Å². The van der Waals surface area contributed by atoms with E-state index in [9.17, 15) is 0 Å². The SMILES string of the molecule is CC(C)c1ccc(C(C)(C)C)c([SiH2]C2C=Cc3ccccc32)c1C(C)(C)C. The highest BCUT2D eigenvalue weighted by Gasteiger charge is 2.30. The molecule has 1 aliphatic rings. The van der Waals surface area contributed by atoms with E-state index in [4.69, 9.17) is 0 Å². The van der Waals surface area contributed by atoms with Crippen LogP contribution in [0.2, 0.25) is 0 Å². The minimum atomic E-state index is -0.501. The van der Waals surface area contributed by atoms with Gasteiger partial charge >= 0.3 is 0 Å². The van der Waals surface area contributed by atoms with Crippen molar-refractivity contribution in [3.8, 4) is 0 Å². The lowest BCUT2D eigenvalue weighted by Crippen LogP contribution is -2.38. The summed E-state index contributed by atoms with van der Waals surface area (Å²) in [5.74, 6) is 0.562. The summed E-state index contributed by atoms with van der Waals surface area (Å²) in [5.41, 5.74) is 8.68. The molecule has 0 amide bonds. The summed E-state index contributed by atoms with van der Waals surface area (Å²) in [7, 11) is -0.501. The van der Waals surface area contributed by atoms with Crippen molar-refractivity contribution in [3.05, 3.63) is 70.3 Å². The van der Waals surface area contributed by atoms with Crippen LogP contribution < -0.4 is 5.19 Å². The number of rotatable bonds is 3. The second-order valence-corrected chi connectivity index (χ2v) is 12.5. The first-order chi connectivity index (χ1) is 12.5. The van der Waals surface area contributed by atoms with Gasteiger partial charge in [0.25, 0.3) is 0 Å². The third-order valence-electron chi connectivity index (χ3n) is 5.85. The molecule has 0 radical (unpaired) electrons. The third-order valence-corrected chi connectivity index (χ3v) is 8.15. The first-order valence-electron chi connectivity index (χ1n) is 10.4. The fraction of sp³-hybridized carbons (Fsp3) is 0.462. The van der Waals surface area contributed by atoms with Gasteiger partial charge in [-0.2, -0.15) is 0 Å². The normalized spacial score (nSPS) is 17.3. The predicted molar refractivity (Wildman–Crippen MR) is 124 cm³/mol. The van der Waals surface area contributed by atoms with Crippen LogP contribution in [0.1, 0.15) is 94.7 Å². The monoisotopic (exact) mass is 376 g/mol. The van der Waals surface area contributed by atoms with Gasteiger partial charge in [-0.25, -0.2) is 0 Å². The van der Waals surface area contributed by atoms with E-state index < -0.39 is 9.52 Å². The molecule has 27 heavy (non-hydrogen) atoms. The predicted octanol–water partition coefficient (Wildman–Crippen LogP) is 5.97. The Labute approximate surface area is 168 Å². The molecule has 1 heteroatoms. The lowest BCUT2D eigenvalue weighted by atomic mass is 9.76. The molecule has 0 nitrogen and oxygen atoms in total. The maximum atomic E-state index is 2.47. The van der Waals surface area contributed by atoms with Crippen molar-refractivity contribution >= 4 is 20.8 Å². The standard InChI is InChI=1S/C26H36Si/c1-17(2)19-14-15-21(25(3,4)5)24(23(19)26(6,7)8)27-22-16-13-18-11-9-10-12-20(18)22/h9-17,22H,27H2,1-8H3. The van der Waals surface area contributed by atoms with Crippen LogP contribution in [0, 0.1) is 0 Å². The number of benzene rings is 2.